The molecule has 7 heteroatoms. The lowest BCUT2D eigenvalue weighted by Crippen LogP contribution is -2.05. The Balaban J connectivity index is 2.89. The van der Waals surface area contributed by atoms with Gasteiger partial charge in [0, 0.05) is 6.07 Å². The first-order chi connectivity index (χ1) is 4.99. The van der Waals surface area contributed by atoms with E-state index in [4.69, 9.17) is 9.66 Å². The van der Waals surface area contributed by atoms with Crippen LogP contribution in [-0.2, 0) is 10.4 Å². The standard InChI is InChI=1S/C4H4O6S/c5-4-3(1-2-9-4)10-11(6,7)8/h1-2,5H,(H,6,7,8). The lowest BCUT2D eigenvalue weighted by molar-refractivity contribution is 0.309. The second-order valence-electron chi connectivity index (χ2n) is 1.60. The number of rotatable bonds is 2. The Hall–Kier alpha value is -1.21. The Kier molecular flexibility index (Phi) is 1.75. The van der Waals surface area contributed by atoms with Crippen molar-refractivity contribution in [3.8, 4) is 11.7 Å². The van der Waals surface area contributed by atoms with Crippen molar-refractivity contribution in [2.24, 2.45) is 0 Å². The van der Waals surface area contributed by atoms with Crippen LogP contribution in [0.25, 0.3) is 0 Å². The largest absolute Gasteiger partial charge is 0.478 e. The van der Waals surface area contributed by atoms with Crippen LogP contribution in [-0.4, -0.2) is 18.1 Å². The van der Waals surface area contributed by atoms with E-state index in [1.54, 1.807) is 0 Å². The van der Waals surface area contributed by atoms with Crippen molar-refractivity contribution in [2.45, 2.75) is 0 Å². The summed E-state index contributed by atoms with van der Waals surface area (Å²) >= 11 is 0. The number of furan rings is 1. The van der Waals surface area contributed by atoms with Gasteiger partial charge in [-0.2, -0.15) is 8.42 Å². The van der Waals surface area contributed by atoms with Crippen LogP contribution < -0.4 is 4.18 Å². The number of hydrogen-bond acceptors (Lipinski definition) is 5. The molecular formula is C4H4O6S. The fourth-order valence-electron chi connectivity index (χ4n) is 0.467. The summed E-state index contributed by atoms with van der Waals surface area (Å²) in [4.78, 5) is 0. The molecule has 0 unspecified atom stereocenters. The van der Waals surface area contributed by atoms with Crippen LogP contribution in [0.15, 0.2) is 16.7 Å². The molecule has 0 radical (unpaired) electrons. The fourth-order valence-corrected chi connectivity index (χ4v) is 0.820. The minimum atomic E-state index is -4.59. The van der Waals surface area contributed by atoms with E-state index in [9.17, 15) is 8.42 Å². The van der Waals surface area contributed by atoms with Crippen LogP contribution in [0, 0.1) is 0 Å². The van der Waals surface area contributed by atoms with E-state index in [-0.39, 0.29) is 0 Å². The molecule has 6 nitrogen and oxygen atoms in total. The van der Waals surface area contributed by atoms with E-state index >= 15 is 0 Å². The molecule has 0 saturated carbocycles. The van der Waals surface area contributed by atoms with Gasteiger partial charge < -0.3 is 13.7 Å². The Bertz CT molecular complexity index is 335. The minimum absolute atomic E-state index is 0.451. The molecule has 1 aromatic heterocycles. The number of aromatic hydroxyl groups is 1. The van der Waals surface area contributed by atoms with Crippen LogP contribution >= 0.6 is 0 Å². The van der Waals surface area contributed by atoms with Gasteiger partial charge in [0.1, 0.15) is 0 Å². The molecule has 0 saturated heterocycles. The van der Waals surface area contributed by atoms with Crippen molar-refractivity contribution in [1.82, 2.24) is 0 Å². The van der Waals surface area contributed by atoms with Gasteiger partial charge in [-0.3, -0.25) is 4.55 Å². The molecule has 0 bridgehead atoms. The molecule has 0 aliphatic heterocycles. The van der Waals surface area contributed by atoms with Crippen LogP contribution in [0.3, 0.4) is 0 Å². The van der Waals surface area contributed by atoms with Gasteiger partial charge in [-0.15, -0.1) is 0 Å². The molecule has 0 fully saturated rings. The topological polar surface area (TPSA) is 97.0 Å². The van der Waals surface area contributed by atoms with Gasteiger partial charge in [-0.25, -0.2) is 0 Å². The first-order valence-corrected chi connectivity index (χ1v) is 3.79. The molecule has 62 valence electrons. The zero-order valence-electron chi connectivity index (χ0n) is 5.09. The number of hydrogen-bond donors (Lipinski definition) is 2. The molecule has 0 amide bonds. The van der Waals surface area contributed by atoms with E-state index in [1.807, 2.05) is 0 Å². The SMILES string of the molecule is O=S(=O)(O)Oc1ccoc1O. The summed E-state index contributed by atoms with van der Waals surface area (Å²) in [5.74, 6) is -1.16. The van der Waals surface area contributed by atoms with E-state index in [0.717, 1.165) is 12.3 Å². The molecule has 1 aromatic rings. The van der Waals surface area contributed by atoms with E-state index in [0.29, 0.717) is 0 Å². The van der Waals surface area contributed by atoms with Gasteiger partial charge in [0.15, 0.2) is 0 Å². The first kappa shape index (κ1) is 7.89. The lowest BCUT2D eigenvalue weighted by atomic mass is 10.6. The van der Waals surface area contributed by atoms with E-state index < -0.39 is 22.1 Å². The highest BCUT2D eigenvalue weighted by Gasteiger charge is 2.12. The molecule has 0 spiro atoms. The first-order valence-electron chi connectivity index (χ1n) is 2.42. The maximum Gasteiger partial charge on any atom is 0.446 e. The van der Waals surface area contributed by atoms with Crippen molar-refractivity contribution >= 4 is 10.4 Å². The van der Waals surface area contributed by atoms with Crippen molar-refractivity contribution in [3.05, 3.63) is 12.3 Å². The summed E-state index contributed by atoms with van der Waals surface area (Å²) < 4.78 is 36.3. The fraction of sp³-hybridized carbons (Fsp3) is 0. The average molecular weight is 180 g/mol. The molecule has 0 atom stereocenters. The molecule has 0 aromatic carbocycles. The van der Waals surface area contributed by atoms with Crippen LogP contribution in [0.1, 0.15) is 0 Å². The third-order valence-electron chi connectivity index (χ3n) is 0.805. The second kappa shape index (κ2) is 2.44. The Morgan fingerprint density at radius 2 is 2.18 bits per heavy atom. The van der Waals surface area contributed by atoms with Crippen molar-refractivity contribution < 1.29 is 26.7 Å². The van der Waals surface area contributed by atoms with Gasteiger partial charge in [0.25, 0.3) is 0 Å². The van der Waals surface area contributed by atoms with Crippen LogP contribution in [0.4, 0.5) is 0 Å². The summed E-state index contributed by atoms with van der Waals surface area (Å²) in [7, 11) is -4.59. The maximum atomic E-state index is 10.0. The van der Waals surface area contributed by atoms with Gasteiger partial charge in [0.2, 0.25) is 5.75 Å². The zero-order chi connectivity index (χ0) is 8.48. The Morgan fingerprint density at radius 1 is 1.55 bits per heavy atom. The minimum Gasteiger partial charge on any atom is -0.478 e. The second-order valence-corrected chi connectivity index (χ2v) is 2.62. The molecule has 0 aliphatic carbocycles. The van der Waals surface area contributed by atoms with Crippen molar-refractivity contribution in [3.63, 3.8) is 0 Å². The normalized spacial score (nSPS) is 11.4. The summed E-state index contributed by atoms with van der Waals surface area (Å²) in [6.45, 7) is 0. The van der Waals surface area contributed by atoms with Gasteiger partial charge in [0.05, 0.1) is 6.26 Å². The summed E-state index contributed by atoms with van der Waals surface area (Å²) in [6, 6.07) is 1.04. The van der Waals surface area contributed by atoms with Crippen LogP contribution in [0.2, 0.25) is 0 Å². The highest BCUT2D eigenvalue weighted by molar-refractivity contribution is 7.81. The molecule has 1 rings (SSSR count). The van der Waals surface area contributed by atoms with E-state index in [2.05, 4.69) is 8.60 Å². The molecule has 1 heterocycles. The van der Waals surface area contributed by atoms with Crippen LogP contribution in [0.5, 0.6) is 11.7 Å². The van der Waals surface area contributed by atoms with Crippen molar-refractivity contribution in [2.75, 3.05) is 0 Å². The highest BCUT2D eigenvalue weighted by atomic mass is 32.3. The Morgan fingerprint density at radius 3 is 2.55 bits per heavy atom. The quantitative estimate of drug-likeness (QED) is 0.629. The molecule has 2 N–H and O–H groups in total. The third kappa shape index (κ3) is 2.13. The maximum absolute atomic E-state index is 10.0. The third-order valence-corrected chi connectivity index (χ3v) is 1.20. The Labute approximate surface area is 62.0 Å². The average Bonchev–Trinajstić information content (AvgIpc) is 2.12. The highest BCUT2D eigenvalue weighted by Crippen LogP contribution is 2.27. The van der Waals surface area contributed by atoms with Crippen molar-refractivity contribution in [1.29, 1.82) is 0 Å². The molecule has 0 aliphatic rings. The van der Waals surface area contributed by atoms with Gasteiger partial charge in [-0.1, -0.05) is 0 Å². The van der Waals surface area contributed by atoms with E-state index in [1.165, 1.54) is 0 Å². The monoisotopic (exact) mass is 180 g/mol. The lowest BCUT2D eigenvalue weighted by Gasteiger charge is -1.95. The molecule has 11 heavy (non-hydrogen) atoms. The summed E-state index contributed by atoms with van der Waals surface area (Å²) in [5, 5.41) is 8.65. The molecular weight excluding hydrogens is 176 g/mol. The van der Waals surface area contributed by atoms with Gasteiger partial charge in [-0.05, 0) is 0 Å². The van der Waals surface area contributed by atoms with Gasteiger partial charge >= 0.3 is 16.3 Å². The predicted molar refractivity (Wildman–Crippen MR) is 32.5 cm³/mol. The summed E-state index contributed by atoms with van der Waals surface area (Å²) in [5.41, 5.74) is 0. The summed E-state index contributed by atoms with van der Waals surface area (Å²) in [6.07, 6.45) is 1.01. The predicted octanol–water partition coefficient (Wildman–Crippen LogP) is 0.167. The smallest absolute Gasteiger partial charge is 0.446 e. The zero-order valence-corrected chi connectivity index (χ0v) is 5.91.